The highest BCUT2D eigenvalue weighted by Gasteiger charge is 2.07. The van der Waals surface area contributed by atoms with E-state index in [1.807, 2.05) is 0 Å². The average Bonchev–Trinajstić information content (AvgIpc) is 2.81. The van der Waals surface area contributed by atoms with Gasteiger partial charge >= 0.3 is 0 Å². The Hall–Kier alpha value is -1.81. The molecule has 2 aromatic rings. The first kappa shape index (κ1) is 12.6. The second-order valence-corrected chi connectivity index (χ2v) is 4.62. The summed E-state index contributed by atoms with van der Waals surface area (Å²) < 4.78 is 0. The third-order valence-corrected chi connectivity index (χ3v) is 3.16. The van der Waals surface area contributed by atoms with E-state index in [1.54, 1.807) is 24.4 Å². The van der Waals surface area contributed by atoms with Crippen LogP contribution in [0, 0.1) is 0 Å². The summed E-state index contributed by atoms with van der Waals surface area (Å²) in [6.07, 6.45) is 6.81. The Morgan fingerprint density at radius 1 is 1.22 bits per heavy atom. The van der Waals surface area contributed by atoms with Gasteiger partial charge in [-0.15, -0.1) is 0 Å². The third kappa shape index (κ3) is 3.11. The molecule has 0 atom stereocenters. The van der Waals surface area contributed by atoms with Crippen LogP contribution in [0.15, 0.2) is 35.3 Å². The van der Waals surface area contributed by atoms with Crippen molar-refractivity contribution in [2.75, 3.05) is 0 Å². The molecule has 4 heteroatoms. The van der Waals surface area contributed by atoms with Crippen LogP contribution in [0.25, 0.3) is 10.8 Å². The Balaban J connectivity index is 0.000000169. The summed E-state index contributed by atoms with van der Waals surface area (Å²) in [5.74, 6) is 0.174. The van der Waals surface area contributed by atoms with Gasteiger partial charge in [0.15, 0.2) is 0 Å². The normalized spacial score (nSPS) is 15.4. The van der Waals surface area contributed by atoms with Gasteiger partial charge in [-0.25, -0.2) is 0 Å². The van der Waals surface area contributed by atoms with E-state index in [4.69, 9.17) is 10.8 Å². The minimum Gasteiger partial charge on any atom is -0.508 e. The molecule has 1 aliphatic carbocycles. The molecule has 0 radical (unpaired) electrons. The molecule has 1 aromatic carbocycles. The summed E-state index contributed by atoms with van der Waals surface area (Å²) in [5.41, 5.74) is 5.40. The first-order chi connectivity index (χ1) is 8.66. The predicted molar refractivity (Wildman–Crippen MR) is 72.7 cm³/mol. The molecule has 0 amide bonds. The van der Waals surface area contributed by atoms with Crippen LogP contribution in [0.5, 0.6) is 5.75 Å². The maximum atomic E-state index is 11.2. The number of hydrogen-bond donors (Lipinski definition) is 3. The van der Waals surface area contributed by atoms with E-state index in [0.717, 1.165) is 5.39 Å². The van der Waals surface area contributed by atoms with Crippen molar-refractivity contribution in [3.63, 3.8) is 0 Å². The lowest BCUT2D eigenvalue weighted by Crippen LogP contribution is -2.13. The number of H-pyrrole nitrogens is 1. The van der Waals surface area contributed by atoms with Gasteiger partial charge in [-0.2, -0.15) is 0 Å². The van der Waals surface area contributed by atoms with Crippen LogP contribution < -0.4 is 11.3 Å². The van der Waals surface area contributed by atoms with E-state index in [1.165, 1.54) is 31.7 Å². The van der Waals surface area contributed by atoms with Crippen LogP contribution in [-0.4, -0.2) is 16.1 Å². The second-order valence-electron chi connectivity index (χ2n) is 4.62. The van der Waals surface area contributed by atoms with Gasteiger partial charge in [-0.1, -0.05) is 12.8 Å². The molecule has 0 bridgehead atoms. The molecule has 0 unspecified atom stereocenters. The van der Waals surface area contributed by atoms with Crippen LogP contribution in [0.3, 0.4) is 0 Å². The molecule has 1 fully saturated rings. The number of pyridine rings is 1. The summed E-state index contributed by atoms with van der Waals surface area (Å²) in [6.45, 7) is 0. The number of aromatic hydroxyl groups is 1. The smallest absolute Gasteiger partial charge is 0.255 e. The van der Waals surface area contributed by atoms with Gasteiger partial charge in [-0.3, -0.25) is 4.79 Å². The number of phenols is 1. The Labute approximate surface area is 105 Å². The van der Waals surface area contributed by atoms with Crippen LogP contribution in [0.2, 0.25) is 0 Å². The summed E-state index contributed by atoms with van der Waals surface area (Å²) in [7, 11) is 0. The summed E-state index contributed by atoms with van der Waals surface area (Å²) >= 11 is 0. The van der Waals surface area contributed by atoms with Gasteiger partial charge in [0.05, 0.1) is 0 Å². The molecule has 0 saturated heterocycles. The van der Waals surface area contributed by atoms with Crippen molar-refractivity contribution >= 4 is 10.8 Å². The van der Waals surface area contributed by atoms with Crippen LogP contribution in [-0.2, 0) is 0 Å². The first-order valence-corrected chi connectivity index (χ1v) is 6.23. The number of fused-ring (bicyclic) bond motifs is 1. The molecule has 3 rings (SSSR count). The van der Waals surface area contributed by atoms with Crippen molar-refractivity contribution in [1.82, 2.24) is 4.98 Å². The fraction of sp³-hybridized carbons (Fsp3) is 0.357. The zero-order chi connectivity index (χ0) is 13.0. The molecule has 4 N–H and O–H groups in total. The number of phenolic OH excluding ortho intramolecular Hbond substituents is 1. The van der Waals surface area contributed by atoms with Gasteiger partial charge < -0.3 is 15.8 Å². The molecule has 1 aliphatic rings. The number of aromatic nitrogens is 1. The molecular weight excluding hydrogens is 228 g/mol. The van der Waals surface area contributed by atoms with Crippen molar-refractivity contribution in [2.45, 2.75) is 31.7 Å². The standard InChI is InChI=1S/C9H7NO2.C5H11N/c11-7-1-2-8-6(5-7)3-4-10-9(8)12;6-5-3-1-2-4-5/h1-5,11H,(H,10,12);5H,1-4,6H2. The lowest BCUT2D eigenvalue weighted by atomic mass is 10.2. The Bertz CT molecular complexity index is 571. The second kappa shape index (κ2) is 5.69. The van der Waals surface area contributed by atoms with Gasteiger partial charge in [0.2, 0.25) is 0 Å². The molecule has 4 nitrogen and oxygen atoms in total. The van der Waals surface area contributed by atoms with E-state index >= 15 is 0 Å². The number of hydrogen-bond acceptors (Lipinski definition) is 3. The number of nitrogens with two attached hydrogens (primary N) is 1. The Kier molecular flexibility index (Phi) is 3.99. The van der Waals surface area contributed by atoms with E-state index in [0.29, 0.717) is 11.4 Å². The molecule has 1 aromatic heterocycles. The van der Waals surface area contributed by atoms with E-state index in [2.05, 4.69) is 4.98 Å². The van der Waals surface area contributed by atoms with Crippen molar-refractivity contribution in [2.24, 2.45) is 5.73 Å². The highest BCUT2D eigenvalue weighted by Crippen LogP contribution is 2.15. The topological polar surface area (TPSA) is 79.1 Å². The maximum Gasteiger partial charge on any atom is 0.255 e. The van der Waals surface area contributed by atoms with E-state index < -0.39 is 0 Å². The van der Waals surface area contributed by atoms with Gasteiger partial charge in [-0.05, 0) is 42.5 Å². The minimum atomic E-state index is -0.132. The monoisotopic (exact) mass is 246 g/mol. The van der Waals surface area contributed by atoms with Crippen LogP contribution >= 0.6 is 0 Å². The zero-order valence-corrected chi connectivity index (χ0v) is 10.2. The van der Waals surface area contributed by atoms with Gasteiger partial charge in [0, 0.05) is 17.6 Å². The van der Waals surface area contributed by atoms with Gasteiger partial charge in [0.25, 0.3) is 5.56 Å². The van der Waals surface area contributed by atoms with Crippen molar-refractivity contribution in [3.05, 3.63) is 40.8 Å². The molecule has 1 saturated carbocycles. The predicted octanol–water partition coefficient (Wildman–Crippen LogP) is 2.12. The zero-order valence-electron chi connectivity index (χ0n) is 10.2. The number of aromatic amines is 1. The molecule has 96 valence electrons. The minimum absolute atomic E-state index is 0.132. The van der Waals surface area contributed by atoms with Crippen molar-refractivity contribution in [1.29, 1.82) is 0 Å². The Morgan fingerprint density at radius 2 is 1.94 bits per heavy atom. The quantitative estimate of drug-likeness (QED) is 0.666. The van der Waals surface area contributed by atoms with Crippen molar-refractivity contribution < 1.29 is 5.11 Å². The third-order valence-electron chi connectivity index (χ3n) is 3.16. The SMILES string of the molecule is NC1CCCC1.O=c1[nH]ccc2cc(O)ccc12. The van der Waals surface area contributed by atoms with Crippen molar-refractivity contribution in [3.8, 4) is 5.75 Å². The number of rotatable bonds is 0. The highest BCUT2D eigenvalue weighted by molar-refractivity contribution is 5.82. The average molecular weight is 246 g/mol. The fourth-order valence-corrected chi connectivity index (χ4v) is 2.14. The summed E-state index contributed by atoms with van der Waals surface area (Å²) in [5, 5.41) is 10.5. The van der Waals surface area contributed by atoms with E-state index in [-0.39, 0.29) is 11.3 Å². The molecular formula is C14H18N2O2. The molecule has 1 heterocycles. The van der Waals surface area contributed by atoms with Crippen LogP contribution in [0.1, 0.15) is 25.7 Å². The van der Waals surface area contributed by atoms with E-state index in [9.17, 15) is 4.79 Å². The molecule has 0 aliphatic heterocycles. The fourth-order valence-electron chi connectivity index (χ4n) is 2.14. The summed E-state index contributed by atoms with van der Waals surface area (Å²) in [6, 6.07) is 6.95. The number of nitrogens with one attached hydrogen (secondary N) is 1. The lowest BCUT2D eigenvalue weighted by Gasteiger charge is -1.95. The number of benzene rings is 1. The highest BCUT2D eigenvalue weighted by atomic mass is 16.3. The molecule has 0 spiro atoms. The maximum absolute atomic E-state index is 11.2. The van der Waals surface area contributed by atoms with Crippen LogP contribution in [0.4, 0.5) is 0 Å². The first-order valence-electron chi connectivity index (χ1n) is 6.23. The largest absolute Gasteiger partial charge is 0.508 e. The summed E-state index contributed by atoms with van der Waals surface area (Å²) in [4.78, 5) is 13.7. The van der Waals surface area contributed by atoms with Gasteiger partial charge in [0.1, 0.15) is 5.75 Å². The Morgan fingerprint density at radius 3 is 2.56 bits per heavy atom. The molecule has 18 heavy (non-hydrogen) atoms. The lowest BCUT2D eigenvalue weighted by molar-refractivity contribution is 0.476.